The average Bonchev–Trinajstić information content (AvgIpc) is 2.79. The molecule has 0 unspecified atom stereocenters. The molecule has 0 bridgehead atoms. The van der Waals surface area contributed by atoms with Gasteiger partial charge in [-0.15, -0.1) is 0 Å². The summed E-state index contributed by atoms with van der Waals surface area (Å²) in [6.07, 6.45) is -0.0673. The van der Waals surface area contributed by atoms with Gasteiger partial charge in [0.15, 0.2) is 0 Å². The van der Waals surface area contributed by atoms with Gasteiger partial charge in [0.2, 0.25) is 0 Å². The van der Waals surface area contributed by atoms with Crippen molar-refractivity contribution in [2.45, 2.75) is 19.9 Å². The molecule has 0 aliphatic rings. The van der Waals surface area contributed by atoms with E-state index in [1.165, 1.54) is 15.6 Å². The fraction of sp³-hybridized carbons (Fsp3) is 0.320. The number of aromatic nitrogens is 2. The maximum Gasteiger partial charge on any atom is 0.411 e. The Morgan fingerprint density at radius 3 is 2.52 bits per heavy atom. The number of nitrogens with zero attached hydrogens (tertiary/aromatic N) is 4. The van der Waals surface area contributed by atoms with Crippen molar-refractivity contribution in [2.24, 2.45) is 0 Å². The molecule has 1 heterocycles. The van der Waals surface area contributed by atoms with Gasteiger partial charge in [0.1, 0.15) is 5.75 Å². The molecule has 8 heteroatoms. The van der Waals surface area contributed by atoms with Crippen molar-refractivity contribution in [2.75, 3.05) is 38.7 Å². The summed E-state index contributed by atoms with van der Waals surface area (Å²) in [5, 5.41) is 13.9. The Labute approximate surface area is 193 Å². The van der Waals surface area contributed by atoms with Gasteiger partial charge < -0.3 is 14.7 Å². The molecular weight excluding hydrogens is 420 g/mol. The topological polar surface area (TPSA) is 87.9 Å². The van der Waals surface area contributed by atoms with Gasteiger partial charge in [-0.25, -0.2) is 9.48 Å². The molecule has 3 aromatic rings. The molecule has 0 radical (unpaired) electrons. The summed E-state index contributed by atoms with van der Waals surface area (Å²) in [5.74, 6) is 0.793. The van der Waals surface area contributed by atoms with Gasteiger partial charge in [-0.3, -0.25) is 9.69 Å². The normalized spacial score (nSPS) is 10.9. The van der Waals surface area contributed by atoms with Crippen LogP contribution in [-0.4, -0.2) is 59.7 Å². The number of anilines is 1. The number of carbonyl (C=O) groups is 1. The smallest absolute Gasteiger partial charge is 0.411 e. The predicted octanol–water partition coefficient (Wildman–Crippen LogP) is 3.79. The largest absolute Gasteiger partial charge is 0.494 e. The highest BCUT2D eigenvalue weighted by Gasteiger charge is 2.12. The Kier molecular flexibility index (Phi) is 8.21. The van der Waals surface area contributed by atoms with Crippen LogP contribution in [-0.2, 0) is 6.54 Å². The van der Waals surface area contributed by atoms with Crippen LogP contribution in [0.15, 0.2) is 65.5 Å². The van der Waals surface area contributed by atoms with Gasteiger partial charge in [0, 0.05) is 30.4 Å². The lowest BCUT2D eigenvalue weighted by atomic mass is 10.1. The third-order valence-corrected chi connectivity index (χ3v) is 5.14. The number of benzene rings is 2. The minimum Gasteiger partial charge on any atom is -0.494 e. The lowest BCUT2D eigenvalue weighted by Gasteiger charge is -2.18. The highest BCUT2D eigenvalue weighted by molar-refractivity contribution is 5.85. The zero-order valence-electron chi connectivity index (χ0n) is 19.3. The molecule has 8 nitrogen and oxygen atoms in total. The zero-order valence-corrected chi connectivity index (χ0v) is 19.3. The van der Waals surface area contributed by atoms with Crippen molar-refractivity contribution in [1.29, 1.82) is 0 Å². The Morgan fingerprint density at radius 1 is 1.09 bits per heavy atom. The van der Waals surface area contributed by atoms with Crippen molar-refractivity contribution in [3.63, 3.8) is 0 Å². The van der Waals surface area contributed by atoms with E-state index in [2.05, 4.69) is 10.00 Å². The van der Waals surface area contributed by atoms with Crippen LogP contribution in [0.25, 0.3) is 11.3 Å². The summed E-state index contributed by atoms with van der Waals surface area (Å²) in [7, 11) is 4.07. The molecule has 174 valence electrons. The Balaban J connectivity index is 1.74. The lowest BCUT2D eigenvalue weighted by Crippen LogP contribution is -2.29. The number of hydrogen-bond donors (Lipinski definition) is 1. The molecule has 0 spiro atoms. The molecule has 0 saturated heterocycles. The molecule has 2 aromatic carbocycles. The lowest BCUT2D eigenvalue weighted by molar-refractivity contribution is 0.202. The third-order valence-electron chi connectivity index (χ3n) is 5.14. The fourth-order valence-corrected chi connectivity index (χ4v) is 3.43. The third kappa shape index (κ3) is 6.66. The molecule has 0 aliphatic heterocycles. The second kappa shape index (κ2) is 11.3. The van der Waals surface area contributed by atoms with Crippen molar-refractivity contribution >= 4 is 11.8 Å². The summed E-state index contributed by atoms with van der Waals surface area (Å²) in [5.41, 5.74) is 2.68. The minimum absolute atomic E-state index is 0.226. The molecule has 0 atom stereocenters. The average molecular weight is 451 g/mol. The van der Waals surface area contributed by atoms with Gasteiger partial charge >= 0.3 is 6.09 Å². The van der Waals surface area contributed by atoms with Gasteiger partial charge in [0.25, 0.3) is 5.56 Å². The van der Waals surface area contributed by atoms with E-state index in [0.29, 0.717) is 24.5 Å². The number of ether oxygens (including phenoxy) is 1. The summed E-state index contributed by atoms with van der Waals surface area (Å²) in [6.45, 7) is 3.97. The first-order valence-electron chi connectivity index (χ1n) is 10.9. The van der Waals surface area contributed by atoms with Gasteiger partial charge in [-0.2, -0.15) is 5.10 Å². The van der Waals surface area contributed by atoms with Crippen LogP contribution >= 0.6 is 0 Å². The molecule has 1 aromatic heterocycles. The van der Waals surface area contributed by atoms with Crippen LogP contribution in [0.5, 0.6) is 5.75 Å². The zero-order chi connectivity index (χ0) is 23.8. The summed E-state index contributed by atoms with van der Waals surface area (Å²) < 4.78 is 7.16. The summed E-state index contributed by atoms with van der Waals surface area (Å²) in [6, 6.07) is 18.0. The first kappa shape index (κ1) is 24.0. The van der Waals surface area contributed by atoms with Crippen LogP contribution in [0.1, 0.15) is 18.9 Å². The van der Waals surface area contributed by atoms with Crippen molar-refractivity contribution < 1.29 is 14.6 Å². The highest BCUT2D eigenvalue weighted by atomic mass is 16.5. The standard InChI is InChI=1S/C25H30N4O4/c1-4-28(25(31)32)21-8-5-7-19(17-21)18-29-24(30)14-13-23(26-29)20-9-11-22(12-10-20)33-16-6-15-27(2)3/h5,7-14,17H,4,6,15-16,18H2,1-3H3,(H,31,32). The van der Waals surface area contributed by atoms with Crippen LogP contribution in [0, 0.1) is 0 Å². The van der Waals surface area contributed by atoms with E-state index in [1.54, 1.807) is 31.2 Å². The molecule has 33 heavy (non-hydrogen) atoms. The number of carboxylic acid groups (broad SMARTS) is 1. The Hall–Kier alpha value is -3.65. The molecule has 1 amide bonds. The second-order valence-corrected chi connectivity index (χ2v) is 7.94. The molecular formula is C25H30N4O4. The number of hydrogen-bond acceptors (Lipinski definition) is 5. The van der Waals surface area contributed by atoms with Gasteiger partial charge in [0.05, 0.1) is 18.8 Å². The van der Waals surface area contributed by atoms with E-state index >= 15 is 0 Å². The fourth-order valence-electron chi connectivity index (χ4n) is 3.43. The SMILES string of the molecule is CCN(C(=O)O)c1cccc(Cn2nc(-c3ccc(OCCCN(C)C)cc3)ccc2=O)c1. The first-order chi connectivity index (χ1) is 15.9. The molecule has 0 fully saturated rings. The molecule has 0 saturated carbocycles. The van der Waals surface area contributed by atoms with Crippen molar-refractivity contribution in [3.8, 4) is 17.0 Å². The maximum absolute atomic E-state index is 12.4. The summed E-state index contributed by atoms with van der Waals surface area (Å²) in [4.78, 5) is 27.2. The maximum atomic E-state index is 12.4. The van der Waals surface area contributed by atoms with Crippen LogP contribution in [0.3, 0.4) is 0 Å². The van der Waals surface area contributed by atoms with Gasteiger partial charge in [-0.05, 0) is 75.5 Å². The molecule has 1 N–H and O–H groups in total. The number of amides is 1. The second-order valence-electron chi connectivity index (χ2n) is 7.94. The van der Waals surface area contributed by atoms with E-state index in [1.807, 2.05) is 44.4 Å². The first-order valence-corrected chi connectivity index (χ1v) is 10.9. The Morgan fingerprint density at radius 2 is 1.85 bits per heavy atom. The van der Waals surface area contributed by atoms with E-state index in [0.717, 1.165) is 29.8 Å². The van der Waals surface area contributed by atoms with Crippen molar-refractivity contribution in [3.05, 3.63) is 76.6 Å². The number of rotatable bonds is 10. The Bertz CT molecular complexity index is 1130. The quantitative estimate of drug-likeness (QED) is 0.473. The van der Waals surface area contributed by atoms with Crippen LogP contribution < -0.4 is 15.2 Å². The molecule has 3 rings (SSSR count). The van der Waals surface area contributed by atoms with Gasteiger partial charge in [-0.1, -0.05) is 12.1 Å². The van der Waals surface area contributed by atoms with E-state index in [9.17, 15) is 14.7 Å². The van der Waals surface area contributed by atoms with Crippen molar-refractivity contribution in [1.82, 2.24) is 14.7 Å². The molecule has 0 aliphatic carbocycles. The van der Waals surface area contributed by atoms with Crippen LogP contribution in [0.2, 0.25) is 0 Å². The van der Waals surface area contributed by atoms with E-state index in [-0.39, 0.29) is 12.1 Å². The minimum atomic E-state index is -1.02. The van der Waals surface area contributed by atoms with E-state index < -0.39 is 6.09 Å². The predicted molar refractivity (Wildman–Crippen MR) is 129 cm³/mol. The monoisotopic (exact) mass is 450 g/mol. The summed E-state index contributed by atoms with van der Waals surface area (Å²) >= 11 is 0. The van der Waals surface area contributed by atoms with Crippen LogP contribution in [0.4, 0.5) is 10.5 Å². The van der Waals surface area contributed by atoms with E-state index in [4.69, 9.17) is 4.74 Å². The highest BCUT2D eigenvalue weighted by Crippen LogP contribution is 2.21.